The predicted molar refractivity (Wildman–Crippen MR) is 122 cm³/mol. The molecule has 0 saturated carbocycles. The van der Waals surface area contributed by atoms with Crippen LogP contribution in [-0.4, -0.2) is 70.6 Å². The zero-order valence-electron chi connectivity index (χ0n) is 19.2. The molecule has 12 nitrogen and oxygen atoms in total. The SMILES string of the molecule is CCC(C)C(N)C(=O)NC(Cc1ccccc1)C(=O)NC(CO)C(=O)NC(CC(N)=O)C(=O)O. The zero-order valence-corrected chi connectivity index (χ0v) is 19.2. The topological polar surface area (TPSA) is 214 Å². The van der Waals surface area contributed by atoms with Crippen LogP contribution in [0.15, 0.2) is 30.3 Å². The second kappa shape index (κ2) is 13.9. The number of benzene rings is 1. The fourth-order valence-electron chi connectivity index (χ4n) is 2.98. The number of hydrogen-bond donors (Lipinski definition) is 7. The Hall–Kier alpha value is -3.51. The molecule has 0 aliphatic heterocycles. The van der Waals surface area contributed by atoms with Crippen molar-refractivity contribution in [2.75, 3.05) is 6.61 Å². The van der Waals surface area contributed by atoms with E-state index in [0.29, 0.717) is 6.42 Å². The first-order valence-electron chi connectivity index (χ1n) is 10.8. The Kier molecular flexibility index (Phi) is 11.7. The van der Waals surface area contributed by atoms with Crippen molar-refractivity contribution in [1.29, 1.82) is 0 Å². The van der Waals surface area contributed by atoms with E-state index >= 15 is 0 Å². The summed E-state index contributed by atoms with van der Waals surface area (Å²) in [4.78, 5) is 60.3. The number of carbonyl (C=O) groups excluding carboxylic acids is 4. The number of aliphatic hydroxyl groups is 1. The normalized spacial score (nSPS) is 15.2. The average Bonchev–Trinajstić information content (AvgIpc) is 2.80. The van der Waals surface area contributed by atoms with Crippen molar-refractivity contribution in [3.63, 3.8) is 0 Å². The van der Waals surface area contributed by atoms with E-state index in [2.05, 4.69) is 16.0 Å². The lowest BCUT2D eigenvalue weighted by Gasteiger charge is -2.25. The highest BCUT2D eigenvalue weighted by Gasteiger charge is 2.31. The molecule has 0 aliphatic carbocycles. The van der Waals surface area contributed by atoms with Gasteiger partial charge in [0.15, 0.2) is 0 Å². The number of hydrogen-bond acceptors (Lipinski definition) is 7. The molecular formula is C22H33N5O7. The summed E-state index contributed by atoms with van der Waals surface area (Å²) in [5.41, 5.74) is 11.7. The van der Waals surface area contributed by atoms with Crippen molar-refractivity contribution in [3.05, 3.63) is 35.9 Å². The molecule has 1 aromatic carbocycles. The van der Waals surface area contributed by atoms with Crippen LogP contribution in [0, 0.1) is 5.92 Å². The first-order valence-corrected chi connectivity index (χ1v) is 10.8. The van der Waals surface area contributed by atoms with E-state index in [1.54, 1.807) is 37.3 Å². The molecule has 0 spiro atoms. The standard InChI is InChI=1S/C22H33N5O7/c1-3-12(2)18(24)21(32)25-14(9-13-7-5-4-6-8-13)19(30)27-16(11-28)20(31)26-15(22(33)34)10-17(23)29/h4-8,12,14-16,18,28H,3,9-11,24H2,1-2H3,(H2,23,29)(H,25,32)(H,26,31)(H,27,30)(H,33,34). The summed E-state index contributed by atoms with van der Waals surface area (Å²) in [6.45, 7) is 2.81. The van der Waals surface area contributed by atoms with Gasteiger partial charge in [0.05, 0.1) is 19.1 Å². The number of primary amides is 1. The molecule has 188 valence electrons. The van der Waals surface area contributed by atoms with Crippen molar-refractivity contribution in [1.82, 2.24) is 16.0 Å². The number of carbonyl (C=O) groups is 5. The third-order valence-electron chi connectivity index (χ3n) is 5.31. The van der Waals surface area contributed by atoms with Gasteiger partial charge in [0, 0.05) is 6.42 Å². The summed E-state index contributed by atoms with van der Waals surface area (Å²) in [5.74, 6) is -4.99. The molecular weight excluding hydrogens is 446 g/mol. The van der Waals surface area contributed by atoms with Gasteiger partial charge < -0.3 is 37.6 Å². The van der Waals surface area contributed by atoms with Gasteiger partial charge in [-0.25, -0.2) is 4.79 Å². The Bertz CT molecular complexity index is 864. The summed E-state index contributed by atoms with van der Waals surface area (Å²) in [6, 6.07) is 3.62. The smallest absolute Gasteiger partial charge is 0.326 e. The summed E-state index contributed by atoms with van der Waals surface area (Å²) in [6.07, 6.45) is 0.0468. The molecule has 9 N–H and O–H groups in total. The molecule has 34 heavy (non-hydrogen) atoms. The Morgan fingerprint density at radius 1 is 0.912 bits per heavy atom. The van der Waals surface area contributed by atoms with Gasteiger partial charge in [-0.1, -0.05) is 50.6 Å². The highest BCUT2D eigenvalue weighted by molar-refractivity contribution is 5.95. The maximum atomic E-state index is 13.0. The second-order valence-corrected chi connectivity index (χ2v) is 7.98. The summed E-state index contributed by atoms with van der Waals surface area (Å²) in [7, 11) is 0. The Balaban J connectivity index is 3.01. The Morgan fingerprint density at radius 3 is 1.94 bits per heavy atom. The van der Waals surface area contributed by atoms with Crippen molar-refractivity contribution in [3.8, 4) is 0 Å². The molecule has 0 aliphatic rings. The summed E-state index contributed by atoms with van der Waals surface area (Å²) >= 11 is 0. The third kappa shape index (κ3) is 9.16. The van der Waals surface area contributed by atoms with Gasteiger partial charge >= 0.3 is 5.97 Å². The van der Waals surface area contributed by atoms with E-state index in [1.807, 2.05) is 6.92 Å². The van der Waals surface area contributed by atoms with Crippen molar-refractivity contribution >= 4 is 29.6 Å². The zero-order chi connectivity index (χ0) is 25.8. The van der Waals surface area contributed by atoms with Gasteiger partial charge in [0.1, 0.15) is 18.1 Å². The second-order valence-electron chi connectivity index (χ2n) is 7.98. The predicted octanol–water partition coefficient (Wildman–Crippen LogP) is -1.99. The fourth-order valence-corrected chi connectivity index (χ4v) is 2.98. The van der Waals surface area contributed by atoms with Crippen LogP contribution in [0.1, 0.15) is 32.3 Å². The van der Waals surface area contributed by atoms with Crippen LogP contribution in [0.5, 0.6) is 0 Å². The quantitative estimate of drug-likeness (QED) is 0.158. The van der Waals surface area contributed by atoms with Gasteiger partial charge in [-0.2, -0.15) is 0 Å². The van der Waals surface area contributed by atoms with E-state index in [9.17, 15) is 29.1 Å². The van der Waals surface area contributed by atoms with Crippen LogP contribution in [0.3, 0.4) is 0 Å². The van der Waals surface area contributed by atoms with Crippen LogP contribution >= 0.6 is 0 Å². The monoisotopic (exact) mass is 479 g/mol. The van der Waals surface area contributed by atoms with Crippen LogP contribution in [0.25, 0.3) is 0 Å². The Morgan fingerprint density at radius 2 is 1.44 bits per heavy atom. The number of nitrogens with two attached hydrogens (primary N) is 2. The minimum atomic E-state index is -1.63. The molecule has 5 atom stereocenters. The molecule has 0 radical (unpaired) electrons. The number of carboxylic acid groups (broad SMARTS) is 1. The van der Waals surface area contributed by atoms with Gasteiger partial charge in [-0.15, -0.1) is 0 Å². The average molecular weight is 480 g/mol. The van der Waals surface area contributed by atoms with Crippen molar-refractivity contribution in [2.24, 2.45) is 17.4 Å². The maximum absolute atomic E-state index is 13.0. The lowest BCUT2D eigenvalue weighted by atomic mass is 9.98. The van der Waals surface area contributed by atoms with Crippen LogP contribution in [0.2, 0.25) is 0 Å². The number of aliphatic hydroxyl groups excluding tert-OH is 1. The Labute approximate surface area is 197 Å². The van der Waals surface area contributed by atoms with Crippen LogP contribution < -0.4 is 27.4 Å². The summed E-state index contributed by atoms with van der Waals surface area (Å²) in [5, 5.41) is 25.7. The molecule has 1 rings (SSSR count). The maximum Gasteiger partial charge on any atom is 0.326 e. The largest absolute Gasteiger partial charge is 0.480 e. The number of amides is 4. The van der Waals surface area contributed by atoms with Gasteiger partial charge in [-0.3, -0.25) is 19.2 Å². The number of rotatable bonds is 14. The first-order chi connectivity index (χ1) is 16.0. The molecule has 12 heteroatoms. The van der Waals surface area contributed by atoms with Gasteiger partial charge in [0.25, 0.3) is 0 Å². The highest BCUT2D eigenvalue weighted by Crippen LogP contribution is 2.08. The van der Waals surface area contributed by atoms with Crippen molar-refractivity contribution in [2.45, 2.75) is 57.3 Å². The minimum absolute atomic E-state index is 0.0742. The highest BCUT2D eigenvalue weighted by atomic mass is 16.4. The molecule has 5 unspecified atom stereocenters. The van der Waals surface area contributed by atoms with Crippen molar-refractivity contribution < 1.29 is 34.2 Å². The van der Waals surface area contributed by atoms with Gasteiger partial charge in [-0.05, 0) is 11.5 Å². The van der Waals surface area contributed by atoms with Crippen LogP contribution in [0.4, 0.5) is 0 Å². The molecule has 4 amide bonds. The van der Waals surface area contributed by atoms with E-state index in [4.69, 9.17) is 16.6 Å². The van der Waals surface area contributed by atoms with Crippen LogP contribution in [-0.2, 0) is 30.4 Å². The lowest BCUT2D eigenvalue weighted by Crippen LogP contribution is -2.59. The van der Waals surface area contributed by atoms with E-state index in [1.165, 1.54) is 0 Å². The number of aliphatic carboxylic acids is 1. The molecule has 1 aromatic rings. The van der Waals surface area contributed by atoms with E-state index < -0.39 is 66.8 Å². The molecule has 0 heterocycles. The number of carboxylic acids is 1. The first kappa shape index (κ1) is 28.5. The number of nitrogens with one attached hydrogen (secondary N) is 3. The third-order valence-corrected chi connectivity index (χ3v) is 5.31. The molecule has 0 aromatic heterocycles. The van der Waals surface area contributed by atoms with Gasteiger partial charge in [0.2, 0.25) is 23.6 Å². The lowest BCUT2D eigenvalue weighted by molar-refractivity contribution is -0.144. The minimum Gasteiger partial charge on any atom is -0.480 e. The molecule has 0 fully saturated rings. The fraction of sp³-hybridized carbons (Fsp3) is 0.500. The molecule has 0 bridgehead atoms. The molecule has 0 saturated heterocycles. The van der Waals surface area contributed by atoms with E-state index in [0.717, 1.165) is 5.56 Å². The van der Waals surface area contributed by atoms with E-state index in [-0.39, 0.29) is 12.3 Å². The summed E-state index contributed by atoms with van der Waals surface area (Å²) < 4.78 is 0.